The number of benzene rings is 1. The van der Waals surface area contributed by atoms with Crippen LogP contribution in [-0.4, -0.2) is 47.0 Å². The van der Waals surface area contributed by atoms with Gasteiger partial charge in [0.1, 0.15) is 5.75 Å². The molecule has 0 saturated carbocycles. The molecule has 0 radical (unpaired) electrons. The summed E-state index contributed by atoms with van der Waals surface area (Å²) in [5.41, 5.74) is 1.19. The fraction of sp³-hybridized carbons (Fsp3) is 0.571. The molecular weight excluding hydrogens is 228 g/mol. The molecule has 4 nitrogen and oxygen atoms in total. The summed E-state index contributed by atoms with van der Waals surface area (Å²) in [5, 5.41) is 3.42. The van der Waals surface area contributed by atoms with E-state index in [4.69, 9.17) is 9.47 Å². The Morgan fingerprint density at radius 3 is 2.44 bits per heavy atom. The number of methoxy groups -OCH3 is 2. The molecule has 0 fully saturated rings. The lowest BCUT2D eigenvalue weighted by Gasteiger charge is -2.21. The first-order chi connectivity index (χ1) is 8.67. The number of anilines is 1. The van der Waals surface area contributed by atoms with Gasteiger partial charge in [-0.25, -0.2) is 0 Å². The van der Waals surface area contributed by atoms with Gasteiger partial charge in [-0.05, 0) is 31.2 Å². The number of nitrogens with one attached hydrogen (secondary N) is 1. The maximum absolute atomic E-state index is 5.14. The van der Waals surface area contributed by atoms with Crippen LogP contribution < -0.4 is 15.0 Å². The van der Waals surface area contributed by atoms with Crippen LogP contribution in [0.3, 0.4) is 0 Å². The summed E-state index contributed by atoms with van der Waals surface area (Å²) in [6.45, 7) is 4.76. The van der Waals surface area contributed by atoms with Crippen LogP contribution in [0.5, 0.6) is 5.75 Å². The van der Waals surface area contributed by atoms with Gasteiger partial charge in [-0.15, -0.1) is 0 Å². The Balaban J connectivity index is 2.33. The van der Waals surface area contributed by atoms with Crippen LogP contribution >= 0.6 is 0 Å². The van der Waals surface area contributed by atoms with Gasteiger partial charge >= 0.3 is 0 Å². The largest absolute Gasteiger partial charge is 0.497 e. The lowest BCUT2D eigenvalue weighted by atomic mass is 10.3. The Labute approximate surface area is 110 Å². The minimum absolute atomic E-state index is 0.388. The molecule has 1 aromatic carbocycles. The lowest BCUT2D eigenvalue weighted by molar-refractivity contribution is 0.173. The highest BCUT2D eigenvalue weighted by Crippen LogP contribution is 2.17. The molecule has 0 aliphatic heterocycles. The Hall–Kier alpha value is -1.26. The maximum Gasteiger partial charge on any atom is 0.119 e. The van der Waals surface area contributed by atoms with Gasteiger partial charge in [0.15, 0.2) is 0 Å². The van der Waals surface area contributed by atoms with E-state index in [2.05, 4.69) is 36.3 Å². The minimum atomic E-state index is 0.388. The van der Waals surface area contributed by atoms with E-state index in [1.165, 1.54) is 5.69 Å². The molecule has 18 heavy (non-hydrogen) atoms. The maximum atomic E-state index is 5.14. The van der Waals surface area contributed by atoms with Crippen molar-refractivity contribution in [3.8, 4) is 5.75 Å². The quantitative estimate of drug-likeness (QED) is 0.764. The van der Waals surface area contributed by atoms with E-state index in [0.717, 1.165) is 25.4 Å². The van der Waals surface area contributed by atoms with Crippen LogP contribution in [-0.2, 0) is 4.74 Å². The molecule has 0 bridgehead atoms. The van der Waals surface area contributed by atoms with Gasteiger partial charge in [0.2, 0.25) is 0 Å². The third-order valence-electron chi connectivity index (χ3n) is 2.87. The fourth-order valence-corrected chi connectivity index (χ4v) is 1.75. The van der Waals surface area contributed by atoms with Crippen LogP contribution in [0.1, 0.15) is 6.92 Å². The van der Waals surface area contributed by atoms with Gasteiger partial charge in [-0.3, -0.25) is 0 Å². The molecule has 1 unspecified atom stereocenters. The van der Waals surface area contributed by atoms with Crippen LogP contribution in [0, 0.1) is 0 Å². The standard InChI is InChI=1S/C14H24N2O2/c1-12(11-17-3)15-9-10-16(2)13-5-7-14(18-4)8-6-13/h5-8,12,15H,9-11H2,1-4H3. The van der Waals surface area contributed by atoms with Gasteiger partial charge in [-0.2, -0.15) is 0 Å². The van der Waals surface area contributed by atoms with Gasteiger partial charge in [0.05, 0.1) is 13.7 Å². The van der Waals surface area contributed by atoms with Crippen molar-refractivity contribution in [1.29, 1.82) is 0 Å². The van der Waals surface area contributed by atoms with Crippen LogP contribution in [0.15, 0.2) is 24.3 Å². The van der Waals surface area contributed by atoms with E-state index in [9.17, 15) is 0 Å². The van der Waals surface area contributed by atoms with Crippen LogP contribution in [0.25, 0.3) is 0 Å². The van der Waals surface area contributed by atoms with E-state index >= 15 is 0 Å². The van der Waals surface area contributed by atoms with Crippen molar-refractivity contribution >= 4 is 5.69 Å². The van der Waals surface area contributed by atoms with Crippen molar-refractivity contribution in [1.82, 2.24) is 5.32 Å². The first-order valence-electron chi connectivity index (χ1n) is 6.25. The first kappa shape index (κ1) is 14.8. The summed E-state index contributed by atoms with van der Waals surface area (Å²) in [7, 11) is 5.49. The van der Waals surface area contributed by atoms with Crippen LogP contribution in [0.2, 0.25) is 0 Å². The van der Waals surface area contributed by atoms with Crippen molar-refractivity contribution in [3.05, 3.63) is 24.3 Å². The van der Waals surface area contributed by atoms with Gasteiger partial charge < -0.3 is 19.7 Å². The molecule has 0 heterocycles. The number of ether oxygens (including phenoxy) is 2. The highest BCUT2D eigenvalue weighted by atomic mass is 16.5. The molecule has 4 heteroatoms. The first-order valence-corrected chi connectivity index (χ1v) is 6.25. The zero-order chi connectivity index (χ0) is 13.4. The summed E-state index contributed by atoms with van der Waals surface area (Å²) < 4.78 is 10.2. The number of hydrogen-bond acceptors (Lipinski definition) is 4. The molecule has 1 N–H and O–H groups in total. The SMILES string of the molecule is COCC(C)NCCN(C)c1ccc(OC)cc1. The summed E-state index contributed by atoms with van der Waals surface area (Å²) >= 11 is 0. The Morgan fingerprint density at radius 2 is 1.89 bits per heavy atom. The zero-order valence-electron chi connectivity index (χ0n) is 11.8. The van der Waals surface area contributed by atoms with E-state index in [1.807, 2.05) is 12.1 Å². The topological polar surface area (TPSA) is 33.7 Å². The predicted molar refractivity (Wildman–Crippen MR) is 75.6 cm³/mol. The Bertz CT molecular complexity index is 327. The number of likely N-dealkylation sites (N-methyl/N-ethyl adjacent to an activating group) is 1. The molecule has 0 spiro atoms. The van der Waals surface area contributed by atoms with Gasteiger partial charge in [0, 0.05) is 39.0 Å². The van der Waals surface area contributed by atoms with Gasteiger partial charge in [-0.1, -0.05) is 0 Å². The highest BCUT2D eigenvalue weighted by molar-refractivity contribution is 5.48. The second-order valence-electron chi connectivity index (χ2n) is 4.43. The van der Waals surface area contributed by atoms with Crippen molar-refractivity contribution in [2.75, 3.05) is 45.9 Å². The predicted octanol–water partition coefficient (Wildman–Crippen LogP) is 1.76. The second kappa shape index (κ2) is 7.95. The lowest BCUT2D eigenvalue weighted by Crippen LogP contribution is -2.36. The molecule has 1 rings (SSSR count). The number of hydrogen-bond donors (Lipinski definition) is 1. The summed E-state index contributed by atoms with van der Waals surface area (Å²) in [6, 6.07) is 8.48. The molecule has 1 aromatic rings. The average Bonchev–Trinajstić information content (AvgIpc) is 2.39. The summed E-state index contributed by atoms with van der Waals surface area (Å²) in [6.07, 6.45) is 0. The second-order valence-corrected chi connectivity index (χ2v) is 4.43. The molecular formula is C14H24N2O2. The average molecular weight is 252 g/mol. The number of rotatable bonds is 8. The monoisotopic (exact) mass is 252 g/mol. The van der Waals surface area contributed by atoms with Crippen LogP contribution in [0.4, 0.5) is 5.69 Å². The fourth-order valence-electron chi connectivity index (χ4n) is 1.75. The van der Waals surface area contributed by atoms with Gasteiger partial charge in [0.25, 0.3) is 0 Å². The smallest absolute Gasteiger partial charge is 0.119 e. The van der Waals surface area contributed by atoms with E-state index in [-0.39, 0.29) is 0 Å². The number of nitrogens with zero attached hydrogens (tertiary/aromatic N) is 1. The van der Waals surface area contributed by atoms with E-state index < -0.39 is 0 Å². The van der Waals surface area contributed by atoms with E-state index in [0.29, 0.717) is 6.04 Å². The minimum Gasteiger partial charge on any atom is -0.497 e. The third kappa shape index (κ3) is 4.94. The third-order valence-corrected chi connectivity index (χ3v) is 2.87. The van der Waals surface area contributed by atoms with Crippen molar-refractivity contribution in [2.45, 2.75) is 13.0 Å². The zero-order valence-corrected chi connectivity index (χ0v) is 11.8. The summed E-state index contributed by atoms with van der Waals surface area (Å²) in [4.78, 5) is 2.21. The normalized spacial score (nSPS) is 12.2. The molecule has 0 aromatic heterocycles. The molecule has 0 saturated heterocycles. The Morgan fingerprint density at radius 1 is 1.22 bits per heavy atom. The Kier molecular flexibility index (Phi) is 6.54. The van der Waals surface area contributed by atoms with E-state index in [1.54, 1.807) is 14.2 Å². The summed E-state index contributed by atoms with van der Waals surface area (Å²) in [5.74, 6) is 0.888. The molecule has 0 amide bonds. The molecule has 102 valence electrons. The molecule has 0 aliphatic carbocycles. The van der Waals surface area contributed by atoms with Crippen molar-refractivity contribution < 1.29 is 9.47 Å². The molecule has 1 atom stereocenters. The van der Waals surface area contributed by atoms with Crippen molar-refractivity contribution in [3.63, 3.8) is 0 Å². The molecule has 0 aliphatic rings. The van der Waals surface area contributed by atoms with Crippen molar-refractivity contribution in [2.24, 2.45) is 0 Å². The highest BCUT2D eigenvalue weighted by Gasteiger charge is 2.03.